The first-order chi connectivity index (χ1) is 14.5. The highest BCUT2D eigenvalue weighted by atomic mass is 17.0. The Kier molecular flexibility index (Phi) is 19.3. The normalized spacial score (nSPS) is 15.4. The Balaban J connectivity index is 4.46. The lowest BCUT2D eigenvalue weighted by atomic mass is 10.0. The van der Waals surface area contributed by atoms with Crippen LogP contribution in [-0.4, -0.2) is 63.1 Å². The molecule has 8 nitrogen and oxygen atoms in total. The predicted octanol–water partition coefficient (Wildman–Crippen LogP) is 3.57. The number of hydrogen-bond acceptors (Lipinski definition) is 7. The molecule has 0 rings (SSSR count). The highest BCUT2D eigenvalue weighted by molar-refractivity contribution is 4.68. The summed E-state index contributed by atoms with van der Waals surface area (Å²) >= 11 is 0. The summed E-state index contributed by atoms with van der Waals surface area (Å²) in [6.45, 7) is 3.26. The molecule has 0 aromatic rings. The first-order valence-corrected chi connectivity index (χ1v) is 11.9. The standard InChI is InChI=1S/C22H46NO7/c1-3-5-7-9-11-13-15-21(19(26)17-24)29-23(28)30-22(20(27)18-25)16-14-12-10-8-6-4-2/h19-22,24-27H,3-18H2,1-2H3/q+1. The third kappa shape index (κ3) is 14.9. The molecule has 0 saturated heterocycles. The average Bonchev–Trinajstić information content (AvgIpc) is 2.75. The first kappa shape index (κ1) is 29.0. The van der Waals surface area contributed by atoms with Crippen molar-refractivity contribution in [2.75, 3.05) is 13.2 Å². The summed E-state index contributed by atoms with van der Waals surface area (Å²) in [6, 6.07) is 0. The van der Waals surface area contributed by atoms with Crippen LogP contribution in [0.1, 0.15) is 104 Å². The van der Waals surface area contributed by atoms with E-state index in [2.05, 4.69) is 13.8 Å². The maximum Gasteiger partial charge on any atom is 0.478 e. The van der Waals surface area contributed by atoms with E-state index in [1.807, 2.05) is 0 Å². The maximum atomic E-state index is 12.1. The lowest BCUT2D eigenvalue weighted by Gasteiger charge is -2.18. The largest absolute Gasteiger partial charge is 0.478 e. The minimum absolute atomic E-state index is 0.0821. The zero-order valence-corrected chi connectivity index (χ0v) is 19.1. The smallest absolute Gasteiger partial charge is 0.394 e. The summed E-state index contributed by atoms with van der Waals surface area (Å²) in [5.41, 5.74) is 0. The fraction of sp³-hybridized carbons (Fsp3) is 1.00. The Morgan fingerprint density at radius 3 is 1.30 bits per heavy atom. The highest BCUT2D eigenvalue weighted by Gasteiger charge is 2.34. The van der Waals surface area contributed by atoms with Gasteiger partial charge in [0, 0.05) is 0 Å². The topological polar surface area (TPSA) is 119 Å². The third-order valence-corrected chi connectivity index (χ3v) is 5.36. The van der Waals surface area contributed by atoms with Crippen LogP contribution < -0.4 is 0 Å². The molecule has 0 saturated carbocycles. The van der Waals surface area contributed by atoms with E-state index in [1.54, 1.807) is 0 Å². The molecule has 30 heavy (non-hydrogen) atoms. The van der Waals surface area contributed by atoms with Gasteiger partial charge in [0.05, 0.1) is 13.2 Å². The van der Waals surface area contributed by atoms with Crippen molar-refractivity contribution < 1.29 is 35.2 Å². The molecule has 0 aromatic carbocycles. The number of rotatable bonds is 22. The van der Waals surface area contributed by atoms with Gasteiger partial charge in [0.2, 0.25) is 12.2 Å². The van der Waals surface area contributed by atoms with E-state index < -0.39 is 37.6 Å². The van der Waals surface area contributed by atoms with E-state index in [0.717, 1.165) is 64.2 Å². The summed E-state index contributed by atoms with van der Waals surface area (Å²) < 4.78 is 0. The molecule has 0 aromatic heterocycles. The number of unbranched alkanes of at least 4 members (excludes halogenated alkanes) is 10. The molecule has 8 heteroatoms. The van der Waals surface area contributed by atoms with Crippen molar-refractivity contribution in [1.82, 2.24) is 0 Å². The van der Waals surface area contributed by atoms with Crippen LogP contribution in [-0.2, 0) is 9.68 Å². The molecule has 180 valence electrons. The monoisotopic (exact) mass is 436 g/mol. The molecule has 0 amide bonds. The molecule has 0 fully saturated rings. The lowest BCUT2D eigenvalue weighted by Crippen LogP contribution is -2.39. The number of aliphatic hydroxyl groups is 4. The Labute approximate surface area is 182 Å². The Morgan fingerprint density at radius 2 is 0.967 bits per heavy atom. The molecule has 0 radical (unpaired) electrons. The zero-order chi connectivity index (χ0) is 22.6. The lowest BCUT2D eigenvalue weighted by molar-refractivity contribution is -0.994. The van der Waals surface area contributed by atoms with Gasteiger partial charge in [0.15, 0.2) is 0 Å². The second-order valence-corrected chi connectivity index (χ2v) is 8.12. The summed E-state index contributed by atoms with van der Waals surface area (Å²) in [5.74, 6) is 0. The fourth-order valence-electron chi connectivity index (χ4n) is 3.36. The van der Waals surface area contributed by atoms with Gasteiger partial charge in [-0.15, -0.1) is 0 Å². The summed E-state index contributed by atoms with van der Waals surface area (Å²) in [4.78, 5) is 22.5. The van der Waals surface area contributed by atoms with Crippen LogP contribution in [0.5, 0.6) is 0 Å². The SMILES string of the molecule is CCCCCCCCC(O[N+](=O)OC(CCCCCCCC)C(O)CO)C(O)CO. The minimum Gasteiger partial charge on any atom is -0.394 e. The van der Waals surface area contributed by atoms with E-state index >= 15 is 0 Å². The molecule has 0 heterocycles. The zero-order valence-electron chi connectivity index (χ0n) is 19.1. The molecule has 4 atom stereocenters. The van der Waals surface area contributed by atoms with Gasteiger partial charge in [-0.25, -0.2) is 0 Å². The van der Waals surface area contributed by atoms with Crippen LogP contribution in [0.15, 0.2) is 0 Å². The Bertz CT molecular complexity index is 364. The average molecular weight is 437 g/mol. The van der Waals surface area contributed by atoms with E-state index in [0.29, 0.717) is 12.8 Å². The highest BCUT2D eigenvalue weighted by Crippen LogP contribution is 2.16. The van der Waals surface area contributed by atoms with Crippen LogP contribution in [0.3, 0.4) is 0 Å². The van der Waals surface area contributed by atoms with E-state index in [9.17, 15) is 25.3 Å². The van der Waals surface area contributed by atoms with Crippen molar-refractivity contribution in [3.8, 4) is 0 Å². The number of aliphatic hydroxyl groups excluding tert-OH is 4. The second-order valence-electron chi connectivity index (χ2n) is 8.12. The van der Waals surface area contributed by atoms with Crippen molar-refractivity contribution in [3.05, 3.63) is 4.91 Å². The van der Waals surface area contributed by atoms with E-state index in [4.69, 9.17) is 9.68 Å². The van der Waals surface area contributed by atoms with E-state index in [1.165, 1.54) is 12.8 Å². The molecule has 0 aliphatic heterocycles. The van der Waals surface area contributed by atoms with Crippen LogP contribution >= 0.6 is 0 Å². The number of nitrogens with zero attached hydrogens (tertiary/aromatic N) is 1. The first-order valence-electron chi connectivity index (χ1n) is 11.9. The van der Waals surface area contributed by atoms with Crippen LogP contribution in [0.4, 0.5) is 0 Å². The van der Waals surface area contributed by atoms with Gasteiger partial charge in [-0.05, 0) is 25.7 Å². The predicted molar refractivity (Wildman–Crippen MR) is 116 cm³/mol. The second kappa shape index (κ2) is 20.0. The van der Waals surface area contributed by atoms with Crippen molar-refractivity contribution in [1.29, 1.82) is 0 Å². The molecular weight excluding hydrogens is 390 g/mol. The van der Waals surface area contributed by atoms with E-state index in [-0.39, 0.29) is 5.09 Å². The molecule has 0 aliphatic carbocycles. The molecule has 0 aliphatic rings. The quantitative estimate of drug-likeness (QED) is 0.151. The Hall–Kier alpha value is -0.960. The Morgan fingerprint density at radius 1 is 0.633 bits per heavy atom. The van der Waals surface area contributed by atoms with Crippen LogP contribution in [0, 0.1) is 4.91 Å². The van der Waals surface area contributed by atoms with Crippen molar-refractivity contribution in [2.24, 2.45) is 0 Å². The van der Waals surface area contributed by atoms with Gasteiger partial charge in [-0.3, -0.25) is 0 Å². The minimum atomic E-state index is -1.19. The summed E-state index contributed by atoms with van der Waals surface area (Å²) in [7, 11) is 0. The molecule has 4 N–H and O–H groups in total. The van der Waals surface area contributed by atoms with Gasteiger partial charge in [-0.2, -0.15) is 9.68 Å². The van der Waals surface area contributed by atoms with Gasteiger partial charge in [-0.1, -0.05) is 78.1 Å². The third-order valence-electron chi connectivity index (χ3n) is 5.36. The summed E-state index contributed by atoms with van der Waals surface area (Å²) in [5, 5.41) is 38.3. The van der Waals surface area contributed by atoms with Gasteiger partial charge in [0.1, 0.15) is 17.1 Å². The number of hydrogen-bond donors (Lipinski definition) is 4. The fourth-order valence-corrected chi connectivity index (χ4v) is 3.36. The molecule has 4 unspecified atom stereocenters. The van der Waals surface area contributed by atoms with Crippen molar-refractivity contribution >= 4 is 0 Å². The van der Waals surface area contributed by atoms with Gasteiger partial charge >= 0.3 is 5.09 Å². The molecule has 0 bridgehead atoms. The summed E-state index contributed by atoms with van der Waals surface area (Å²) in [6.07, 6.45) is 9.29. The molecule has 0 spiro atoms. The van der Waals surface area contributed by atoms with Crippen molar-refractivity contribution in [3.63, 3.8) is 0 Å². The van der Waals surface area contributed by atoms with Crippen LogP contribution in [0.25, 0.3) is 0 Å². The van der Waals surface area contributed by atoms with Gasteiger partial charge in [0.25, 0.3) is 0 Å². The van der Waals surface area contributed by atoms with Gasteiger partial charge < -0.3 is 20.4 Å². The molecular formula is C22H46NO7+. The van der Waals surface area contributed by atoms with Crippen LogP contribution in [0.2, 0.25) is 0 Å². The maximum absolute atomic E-state index is 12.1. The van der Waals surface area contributed by atoms with Crippen molar-refractivity contribution in [2.45, 2.75) is 128 Å².